The molecular weight excluding hydrogens is 877 g/mol. The lowest BCUT2D eigenvalue weighted by Gasteiger charge is -2.27. The van der Waals surface area contributed by atoms with Crippen molar-refractivity contribution in [2.45, 2.75) is 0 Å². The predicted octanol–water partition coefficient (Wildman–Crippen LogP) is 19.6. The van der Waals surface area contributed by atoms with E-state index in [1.54, 1.807) is 0 Å². The number of aromatic nitrogens is 1. The fourth-order valence-corrected chi connectivity index (χ4v) is 12.3. The zero-order chi connectivity index (χ0) is 46.8. The zero-order valence-electron chi connectivity index (χ0n) is 38.7. The normalized spacial score (nSPS) is 11.7. The lowest BCUT2D eigenvalue weighted by atomic mass is 9.94. The van der Waals surface area contributed by atoms with Crippen molar-refractivity contribution in [3.05, 3.63) is 267 Å². The van der Waals surface area contributed by atoms with Crippen molar-refractivity contribution in [1.29, 1.82) is 0 Å². The van der Waals surface area contributed by atoms with Gasteiger partial charge < -0.3 is 9.47 Å². The molecule has 332 valence electrons. The maximum Gasteiger partial charge on any atom is 0.0555 e. The molecule has 0 fully saturated rings. The van der Waals surface area contributed by atoms with Crippen LogP contribution in [-0.4, -0.2) is 4.57 Å². The van der Waals surface area contributed by atoms with Crippen LogP contribution in [0, 0.1) is 0 Å². The van der Waals surface area contributed by atoms with Crippen molar-refractivity contribution in [1.82, 2.24) is 4.57 Å². The summed E-state index contributed by atoms with van der Waals surface area (Å²) in [6.45, 7) is 0. The minimum atomic E-state index is 1.09. The Balaban J connectivity index is 0.923. The van der Waals surface area contributed by atoms with Crippen LogP contribution in [0.4, 0.5) is 17.1 Å². The third kappa shape index (κ3) is 6.93. The molecule has 0 bridgehead atoms. The zero-order valence-corrected chi connectivity index (χ0v) is 39.5. The van der Waals surface area contributed by atoms with Crippen LogP contribution in [0.5, 0.6) is 0 Å². The molecule has 2 nitrogen and oxygen atoms in total. The van der Waals surface area contributed by atoms with Crippen LogP contribution in [0.1, 0.15) is 0 Å². The molecule has 2 aromatic heterocycles. The number of thiophene rings is 1. The van der Waals surface area contributed by atoms with Crippen LogP contribution in [0.3, 0.4) is 0 Å². The summed E-state index contributed by atoms with van der Waals surface area (Å²) in [5.74, 6) is 0. The quantitative estimate of drug-likeness (QED) is 0.138. The van der Waals surface area contributed by atoms with Crippen LogP contribution in [0.15, 0.2) is 267 Å². The molecule has 0 radical (unpaired) electrons. The molecule has 71 heavy (non-hydrogen) atoms. The molecule has 0 aliphatic rings. The summed E-state index contributed by atoms with van der Waals surface area (Å²) in [5, 5.41) is 10.1. The van der Waals surface area contributed by atoms with Gasteiger partial charge >= 0.3 is 0 Å². The molecule has 0 atom stereocenters. The minimum absolute atomic E-state index is 1.09. The Kier molecular flexibility index (Phi) is 9.75. The molecule has 0 saturated heterocycles. The Labute approximate surface area is 416 Å². The fourth-order valence-electron chi connectivity index (χ4n) is 11.0. The number of hydrogen-bond donors (Lipinski definition) is 0. The Morgan fingerprint density at radius 1 is 0.310 bits per heavy atom. The third-order valence-electron chi connectivity index (χ3n) is 14.4. The molecule has 14 aromatic rings. The highest BCUT2D eigenvalue weighted by atomic mass is 32.1. The minimum Gasteiger partial charge on any atom is -0.310 e. The fraction of sp³-hybridized carbons (Fsp3) is 0. The first-order chi connectivity index (χ1) is 35.2. The standard InChI is InChI=1S/C68H44N2S/c1-2-14-45(15-3-1)46-28-30-47(31-29-46)48-32-37-52(38-33-48)69(53-39-34-50(35-40-53)56-23-13-24-58-55-19-5-4-16-49(55)36-41-59(56)58)65-43-42-57(68-67(65)62-22-8-11-27-66(62)71-68)51-17-12-18-54(44-51)70-63-25-9-6-20-60(63)61-21-7-10-26-64(61)70/h1-44H. The van der Waals surface area contributed by atoms with E-state index in [1.165, 1.54) is 108 Å². The van der Waals surface area contributed by atoms with Gasteiger partial charge in [0.1, 0.15) is 0 Å². The van der Waals surface area contributed by atoms with Crippen LogP contribution in [0.25, 0.3) is 114 Å². The highest BCUT2D eigenvalue weighted by Crippen LogP contribution is 2.49. The molecule has 12 aromatic carbocycles. The van der Waals surface area contributed by atoms with Gasteiger partial charge in [-0.3, -0.25) is 0 Å². The molecule has 2 heterocycles. The van der Waals surface area contributed by atoms with Crippen molar-refractivity contribution in [2.75, 3.05) is 4.90 Å². The van der Waals surface area contributed by atoms with Crippen molar-refractivity contribution in [3.63, 3.8) is 0 Å². The van der Waals surface area contributed by atoms with E-state index >= 15 is 0 Å². The molecule has 0 aliphatic heterocycles. The molecule has 3 heteroatoms. The summed E-state index contributed by atoms with van der Waals surface area (Å²) < 4.78 is 4.95. The molecule has 14 rings (SSSR count). The van der Waals surface area contributed by atoms with Crippen LogP contribution < -0.4 is 4.90 Å². The topological polar surface area (TPSA) is 8.17 Å². The monoisotopic (exact) mass is 920 g/mol. The number of benzene rings is 12. The SMILES string of the molecule is c1ccc(-c2ccc(-c3ccc(N(c4ccc(-c5cccc6c5ccc5ccccc56)cc4)c4ccc(-c5cccc(-n6c7ccccc7c7ccccc76)c5)c5sc6ccccc6c45)cc3)cc2)cc1. The summed E-state index contributed by atoms with van der Waals surface area (Å²) >= 11 is 1.88. The van der Waals surface area contributed by atoms with Crippen molar-refractivity contribution >= 4 is 91.9 Å². The molecule has 0 amide bonds. The average molecular weight is 921 g/mol. The van der Waals surface area contributed by atoms with Gasteiger partial charge in [-0.25, -0.2) is 0 Å². The van der Waals surface area contributed by atoms with Crippen LogP contribution in [0.2, 0.25) is 0 Å². The number of nitrogens with zero attached hydrogens (tertiary/aromatic N) is 2. The van der Waals surface area contributed by atoms with E-state index < -0.39 is 0 Å². The largest absolute Gasteiger partial charge is 0.310 e. The highest BCUT2D eigenvalue weighted by Gasteiger charge is 2.22. The Morgan fingerprint density at radius 3 is 1.55 bits per heavy atom. The molecular formula is C68H44N2S. The number of para-hydroxylation sites is 2. The van der Waals surface area contributed by atoms with E-state index in [-0.39, 0.29) is 0 Å². The molecule has 0 aliphatic carbocycles. The summed E-state index contributed by atoms with van der Waals surface area (Å²) in [7, 11) is 0. The number of rotatable bonds is 8. The van der Waals surface area contributed by atoms with Gasteiger partial charge in [0.05, 0.1) is 16.7 Å². The lowest BCUT2D eigenvalue weighted by Crippen LogP contribution is -2.10. The van der Waals surface area contributed by atoms with Gasteiger partial charge in [0, 0.05) is 48.0 Å². The first kappa shape index (κ1) is 41.0. The Hall–Kier alpha value is -9.02. The predicted molar refractivity (Wildman–Crippen MR) is 305 cm³/mol. The van der Waals surface area contributed by atoms with Gasteiger partial charge in [0.2, 0.25) is 0 Å². The van der Waals surface area contributed by atoms with Crippen LogP contribution >= 0.6 is 11.3 Å². The van der Waals surface area contributed by atoms with Gasteiger partial charge in [-0.1, -0.05) is 206 Å². The van der Waals surface area contributed by atoms with Crippen molar-refractivity contribution < 1.29 is 0 Å². The molecule has 0 N–H and O–H groups in total. The summed E-state index contributed by atoms with van der Waals surface area (Å²) in [6.07, 6.45) is 0. The number of hydrogen-bond acceptors (Lipinski definition) is 2. The second kappa shape index (κ2) is 16.9. The number of anilines is 3. The molecule has 0 unspecified atom stereocenters. The maximum atomic E-state index is 2.46. The van der Waals surface area contributed by atoms with Crippen LogP contribution in [-0.2, 0) is 0 Å². The lowest BCUT2D eigenvalue weighted by molar-refractivity contribution is 1.18. The first-order valence-electron chi connectivity index (χ1n) is 24.3. The summed E-state index contributed by atoms with van der Waals surface area (Å²) in [5.41, 5.74) is 16.5. The number of fused-ring (bicyclic) bond motifs is 9. The third-order valence-corrected chi connectivity index (χ3v) is 15.6. The van der Waals surface area contributed by atoms with E-state index in [1.807, 2.05) is 11.3 Å². The maximum absolute atomic E-state index is 2.46. The van der Waals surface area contributed by atoms with Gasteiger partial charge in [0.25, 0.3) is 0 Å². The van der Waals surface area contributed by atoms with E-state index in [9.17, 15) is 0 Å². The second-order valence-corrected chi connectivity index (χ2v) is 19.5. The van der Waals surface area contributed by atoms with E-state index in [0.29, 0.717) is 0 Å². The van der Waals surface area contributed by atoms with Gasteiger partial charge in [-0.05, 0) is 127 Å². The Bertz CT molecular complexity index is 4260. The van der Waals surface area contributed by atoms with Gasteiger partial charge in [-0.2, -0.15) is 0 Å². The second-order valence-electron chi connectivity index (χ2n) is 18.4. The molecule has 0 saturated carbocycles. The van der Waals surface area contributed by atoms with Gasteiger partial charge in [0.15, 0.2) is 0 Å². The van der Waals surface area contributed by atoms with E-state index in [4.69, 9.17) is 0 Å². The average Bonchev–Trinajstić information content (AvgIpc) is 4.01. The Morgan fingerprint density at radius 2 is 0.845 bits per heavy atom. The van der Waals surface area contributed by atoms with E-state index in [2.05, 4.69) is 276 Å². The summed E-state index contributed by atoms with van der Waals surface area (Å²) in [4.78, 5) is 2.46. The molecule has 0 spiro atoms. The van der Waals surface area contributed by atoms with Crippen molar-refractivity contribution in [2.24, 2.45) is 0 Å². The van der Waals surface area contributed by atoms with E-state index in [0.717, 1.165) is 22.7 Å². The van der Waals surface area contributed by atoms with Crippen molar-refractivity contribution in [3.8, 4) is 50.2 Å². The smallest absolute Gasteiger partial charge is 0.0555 e. The highest BCUT2D eigenvalue weighted by molar-refractivity contribution is 7.26. The summed E-state index contributed by atoms with van der Waals surface area (Å²) in [6, 6.07) is 97.9. The van der Waals surface area contributed by atoms with Gasteiger partial charge in [-0.15, -0.1) is 11.3 Å². The first-order valence-corrected chi connectivity index (χ1v) is 25.1.